The number of hydrogen-bond acceptors (Lipinski definition) is 10. The van der Waals surface area contributed by atoms with Crippen LogP contribution in [0.1, 0.15) is 99.5 Å². The topological polar surface area (TPSA) is 207 Å². The minimum absolute atomic E-state index is 0.0236. The van der Waals surface area contributed by atoms with Crippen LogP contribution in [0, 0.1) is 5.92 Å². The van der Waals surface area contributed by atoms with Gasteiger partial charge >= 0.3 is 18.2 Å². The highest BCUT2D eigenvalue weighted by Crippen LogP contribution is 2.26. The molecule has 15 heteroatoms. The largest absolute Gasteiger partial charge is 0.467 e. The third-order valence-corrected chi connectivity index (χ3v) is 8.42. The van der Waals surface area contributed by atoms with Crippen LogP contribution in [0.3, 0.4) is 0 Å². The summed E-state index contributed by atoms with van der Waals surface area (Å²) in [7, 11) is 1.22. The molecule has 1 aliphatic heterocycles. The Kier molecular flexibility index (Phi) is 17.0. The highest BCUT2D eigenvalue weighted by Gasteiger charge is 2.46. The molecular formula is C38H62N6O9. The molecule has 2 rings (SSSR count). The number of carbonyl (C=O) groups excluding carboxylic acids is 6. The average molecular weight is 747 g/mol. The SMILES string of the molecule is COC(=O)C1(NC(=O)OC(C)(C)C)CCN(C(=O)C(CCCCNC(=O)OC(C)(C)C)NC(=O)C(CC(C)C)NC(=O)C(N)Cc2ccccc2)CC1. The average Bonchev–Trinajstić information content (AvgIpc) is 3.05. The smallest absolute Gasteiger partial charge is 0.408 e. The van der Waals surface area contributed by atoms with Crippen molar-refractivity contribution in [3.63, 3.8) is 0 Å². The van der Waals surface area contributed by atoms with E-state index < -0.39 is 64.8 Å². The molecule has 0 saturated carbocycles. The molecule has 1 heterocycles. The fourth-order valence-corrected chi connectivity index (χ4v) is 5.85. The second kappa shape index (κ2) is 20.2. The summed E-state index contributed by atoms with van der Waals surface area (Å²) >= 11 is 0. The van der Waals surface area contributed by atoms with E-state index in [1.807, 2.05) is 44.2 Å². The van der Waals surface area contributed by atoms with Gasteiger partial charge in [0.1, 0.15) is 28.8 Å². The number of rotatable bonds is 16. The maximum Gasteiger partial charge on any atom is 0.408 e. The zero-order valence-corrected chi connectivity index (χ0v) is 33.0. The Labute approximate surface area is 314 Å². The van der Waals surface area contributed by atoms with E-state index in [9.17, 15) is 28.8 Å². The van der Waals surface area contributed by atoms with Crippen molar-refractivity contribution in [3.8, 4) is 0 Å². The van der Waals surface area contributed by atoms with E-state index in [-0.39, 0.29) is 57.1 Å². The molecule has 3 atom stereocenters. The van der Waals surface area contributed by atoms with Crippen molar-refractivity contribution >= 4 is 35.9 Å². The minimum Gasteiger partial charge on any atom is -0.467 e. The van der Waals surface area contributed by atoms with Crippen LogP contribution in [0.25, 0.3) is 0 Å². The standard InChI is InChI=1S/C38H62N6O9/c1-25(2)23-29(42-30(45)27(39)24-26-15-11-10-12-16-26)31(46)41-28(17-13-14-20-40-34(49)52-36(3,4)5)32(47)44-21-18-38(19-22-44,33(48)51-9)43-35(50)53-37(6,7)8/h10-12,15-16,25,27-29H,13-14,17-24,39H2,1-9H3,(H,40,49)(H,41,46)(H,42,45)(H,43,50). The van der Waals surface area contributed by atoms with Crippen LogP contribution in [0.5, 0.6) is 0 Å². The second-order valence-corrected chi connectivity index (χ2v) is 16.0. The van der Waals surface area contributed by atoms with Gasteiger partial charge in [0.25, 0.3) is 0 Å². The van der Waals surface area contributed by atoms with Gasteiger partial charge in [0.15, 0.2) is 0 Å². The van der Waals surface area contributed by atoms with Crippen LogP contribution in [-0.4, -0.2) is 102 Å². The molecule has 0 radical (unpaired) electrons. The van der Waals surface area contributed by atoms with Crippen molar-refractivity contribution in [1.29, 1.82) is 0 Å². The molecule has 1 aliphatic rings. The number of nitrogens with one attached hydrogen (secondary N) is 4. The van der Waals surface area contributed by atoms with Crippen molar-refractivity contribution in [2.24, 2.45) is 11.7 Å². The predicted octanol–water partition coefficient (Wildman–Crippen LogP) is 3.33. The van der Waals surface area contributed by atoms with Crippen molar-refractivity contribution < 1.29 is 43.0 Å². The lowest BCUT2D eigenvalue weighted by molar-refractivity contribution is -0.153. The first-order chi connectivity index (χ1) is 24.6. The zero-order chi connectivity index (χ0) is 40.0. The number of esters is 1. The fraction of sp³-hybridized carbons (Fsp3) is 0.684. The van der Waals surface area contributed by atoms with Crippen molar-refractivity contribution in [3.05, 3.63) is 35.9 Å². The summed E-state index contributed by atoms with van der Waals surface area (Å²) in [6.45, 7) is 14.7. The number of benzene rings is 1. The lowest BCUT2D eigenvalue weighted by Gasteiger charge is -2.41. The third kappa shape index (κ3) is 16.0. The summed E-state index contributed by atoms with van der Waals surface area (Å²) in [6.07, 6.45) is 0.524. The van der Waals surface area contributed by atoms with Crippen LogP contribution in [0.2, 0.25) is 0 Å². The first-order valence-corrected chi connectivity index (χ1v) is 18.4. The van der Waals surface area contributed by atoms with Crippen molar-refractivity contribution in [2.45, 2.75) is 135 Å². The zero-order valence-electron chi connectivity index (χ0n) is 33.0. The van der Waals surface area contributed by atoms with E-state index in [0.29, 0.717) is 19.3 Å². The Morgan fingerprint density at radius 1 is 0.830 bits per heavy atom. The maximum absolute atomic E-state index is 14.1. The van der Waals surface area contributed by atoms with Gasteiger partial charge in [0.2, 0.25) is 17.7 Å². The summed E-state index contributed by atoms with van der Waals surface area (Å²) < 4.78 is 15.7. The lowest BCUT2D eigenvalue weighted by Crippen LogP contribution is -2.63. The van der Waals surface area contributed by atoms with Gasteiger partial charge in [-0.25, -0.2) is 14.4 Å². The molecule has 53 heavy (non-hydrogen) atoms. The molecule has 0 spiro atoms. The molecule has 298 valence electrons. The molecule has 1 saturated heterocycles. The van der Waals surface area contributed by atoms with Crippen molar-refractivity contribution in [2.75, 3.05) is 26.7 Å². The molecule has 1 aromatic carbocycles. The molecule has 0 aliphatic carbocycles. The Bertz CT molecular complexity index is 1380. The van der Waals surface area contributed by atoms with Gasteiger partial charge < -0.3 is 46.1 Å². The number of unbranched alkanes of at least 4 members (excludes halogenated alkanes) is 1. The summed E-state index contributed by atoms with van der Waals surface area (Å²) in [4.78, 5) is 80.4. The van der Waals surface area contributed by atoms with Crippen LogP contribution < -0.4 is 27.0 Å². The van der Waals surface area contributed by atoms with Gasteiger partial charge in [0.05, 0.1) is 13.2 Å². The van der Waals surface area contributed by atoms with E-state index in [4.69, 9.17) is 19.9 Å². The normalized spacial score (nSPS) is 16.0. The molecule has 5 amide bonds. The number of methoxy groups -OCH3 is 1. The highest BCUT2D eigenvalue weighted by molar-refractivity contribution is 5.93. The van der Waals surface area contributed by atoms with E-state index >= 15 is 0 Å². The van der Waals surface area contributed by atoms with Crippen LogP contribution in [0.4, 0.5) is 9.59 Å². The number of amides is 5. The molecule has 0 bridgehead atoms. The molecule has 3 unspecified atom stereocenters. The molecule has 15 nitrogen and oxygen atoms in total. The number of piperidine rings is 1. The highest BCUT2D eigenvalue weighted by atomic mass is 16.6. The number of likely N-dealkylation sites (tertiary alicyclic amines) is 1. The van der Waals surface area contributed by atoms with Crippen molar-refractivity contribution in [1.82, 2.24) is 26.2 Å². The third-order valence-electron chi connectivity index (χ3n) is 8.42. The number of carbonyl (C=O) groups is 6. The fourth-order valence-electron chi connectivity index (χ4n) is 5.85. The Balaban J connectivity index is 2.21. The molecular weight excluding hydrogens is 684 g/mol. The summed E-state index contributed by atoms with van der Waals surface area (Å²) in [5.41, 5.74) is 4.25. The van der Waals surface area contributed by atoms with Gasteiger partial charge in [-0.05, 0) is 98.0 Å². The maximum atomic E-state index is 14.1. The van der Waals surface area contributed by atoms with Gasteiger partial charge in [-0.2, -0.15) is 0 Å². The van der Waals surface area contributed by atoms with Gasteiger partial charge in [-0.3, -0.25) is 14.4 Å². The minimum atomic E-state index is -1.41. The second-order valence-electron chi connectivity index (χ2n) is 16.0. The van der Waals surface area contributed by atoms with Crippen LogP contribution in [0.15, 0.2) is 30.3 Å². The molecule has 0 aromatic heterocycles. The number of alkyl carbamates (subject to hydrolysis) is 2. The van der Waals surface area contributed by atoms with E-state index in [2.05, 4.69) is 21.3 Å². The van der Waals surface area contributed by atoms with Gasteiger partial charge in [0, 0.05) is 19.6 Å². The van der Waals surface area contributed by atoms with Crippen LogP contribution >= 0.6 is 0 Å². The number of nitrogens with two attached hydrogens (primary N) is 1. The monoisotopic (exact) mass is 746 g/mol. The van der Waals surface area contributed by atoms with E-state index in [1.165, 1.54) is 12.0 Å². The summed E-state index contributed by atoms with van der Waals surface area (Å²) in [6, 6.07) is 6.48. The Morgan fingerprint density at radius 2 is 1.40 bits per heavy atom. The lowest BCUT2D eigenvalue weighted by atomic mass is 9.87. The number of ether oxygens (including phenoxy) is 3. The van der Waals surface area contributed by atoms with E-state index in [1.54, 1.807) is 41.5 Å². The molecule has 1 aromatic rings. The predicted molar refractivity (Wildman–Crippen MR) is 199 cm³/mol. The first kappa shape index (κ1) is 44.8. The summed E-state index contributed by atoms with van der Waals surface area (Å²) in [5.74, 6) is -2.04. The Hall–Kier alpha value is -4.40. The van der Waals surface area contributed by atoms with Gasteiger partial charge in [-0.1, -0.05) is 44.2 Å². The summed E-state index contributed by atoms with van der Waals surface area (Å²) in [5, 5.41) is 11.0. The Morgan fingerprint density at radius 3 is 1.94 bits per heavy atom. The quantitative estimate of drug-likeness (QED) is 0.0948. The number of nitrogens with zero attached hydrogens (tertiary/aromatic N) is 1. The van der Waals surface area contributed by atoms with E-state index in [0.717, 1.165) is 5.56 Å². The number of hydrogen-bond donors (Lipinski definition) is 5. The van der Waals surface area contributed by atoms with Crippen LogP contribution in [-0.2, 0) is 39.8 Å². The molecule has 6 N–H and O–H groups in total. The van der Waals surface area contributed by atoms with Gasteiger partial charge in [-0.15, -0.1) is 0 Å². The molecule has 1 fully saturated rings. The first-order valence-electron chi connectivity index (χ1n) is 18.4.